The molecule has 0 aromatic heterocycles. The number of carbonyl (C=O) groups is 1. The standard InChI is InChI=1S/C11H16N2O2/c1-8(13-7-11(14)15)6-9-4-2-3-5-10(9)12/h2-5,8,13H,6-7,12H2,1H3,(H,14,15). The molecule has 0 saturated carbocycles. The van der Waals surface area contributed by atoms with Crippen LogP contribution in [0.5, 0.6) is 0 Å². The van der Waals surface area contributed by atoms with Crippen LogP contribution in [0, 0.1) is 0 Å². The Balaban J connectivity index is 2.47. The van der Waals surface area contributed by atoms with Gasteiger partial charge in [-0.25, -0.2) is 0 Å². The van der Waals surface area contributed by atoms with Crippen LogP contribution in [-0.4, -0.2) is 23.7 Å². The molecule has 15 heavy (non-hydrogen) atoms. The van der Waals surface area contributed by atoms with Crippen LogP contribution in [0.4, 0.5) is 5.69 Å². The number of benzene rings is 1. The lowest BCUT2D eigenvalue weighted by molar-refractivity contribution is -0.136. The van der Waals surface area contributed by atoms with Gasteiger partial charge in [-0.15, -0.1) is 0 Å². The maximum absolute atomic E-state index is 10.3. The van der Waals surface area contributed by atoms with E-state index in [1.807, 2.05) is 31.2 Å². The average molecular weight is 208 g/mol. The minimum atomic E-state index is -0.845. The monoisotopic (exact) mass is 208 g/mol. The highest BCUT2D eigenvalue weighted by molar-refractivity contribution is 5.69. The van der Waals surface area contributed by atoms with Crippen molar-refractivity contribution in [1.29, 1.82) is 0 Å². The van der Waals surface area contributed by atoms with Crippen molar-refractivity contribution in [3.8, 4) is 0 Å². The van der Waals surface area contributed by atoms with Crippen molar-refractivity contribution in [3.05, 3.63) is 29.8 Å². The van der Waals surface area contributed by atoms with Crippen molar-refractivity contribution >= 4 is 11.7 Å². The zero-order valence-corrected chi connectivity index (χ0v) is 8.73. The number of aliphatic carboxylic acids is 1. The summed E-state index contributed by atoms with van der Waals surface area (Å²) in [5.41, 5.74) is 7.58. The number of hydrogen-bond acceptors (Lipinski definition) is 3. The third kappa shape index (κ3) is 3.99. The first kappa shape index (κ1) is 11.5. The lowest BCUT2D eigenvalue weighted by atomic mass is 10.1. The summed E-state index contributed by atoms with van der Waals surface area (Å²) >= 11 is 0. The van der Waals surface area contributed by atoms with E-state index in [4.69, 9.17) is 10.8 Å². The van der Waals surface area contributed by atoms with E-state index in [2.05, 4.69) is 5.32 Å². The van der Waals surface area contributed by atoms with Gasteiger partial charge >= 0.3 is 5.97 Å². The Morgan fingerprint density at radius 1 is 1.53 bits per heavy atom. The van der Waals surface area contributed by atoms with Gasteiger partial charge in [0.25, 0.3) is 0 Å². The lowest BCUT2D eigenvalue weighted by Crippen LogP contribution is -2.32. The molecule has 4 N–H and O–H groups in total. The van der Waals surface area contributed by atoms with E-state index in [1.165, 1.54) is 0 Å². The number of anilines is 1. The number of hydrogen-bond donors (Lipinski definition) is 3. The Hall–Kier alpha value is -1.55. The molecule has 1 aromatic carbocycles. The first-order valence-corrected chi connectivity index (χ1v) is 4.88. The molecular weight excluding hydrogens is 192 g/mol. The fourth-order valence-corrected chi connectivity index (χ4v) is 1.38. The largest absolute Gasteiger partial charge is 0.480 e. The summed E-state index contributed by atoms with van der Waals surface area (Å²) in [6.45, 7) is 1.92. The number of nitrogen functional groups attached to an aromatic ring is 1. The van der Waals surface area contributed by atoms with Gasteiger partial charge in [-0.05, 0) is 25.0 Å². The zero-order valence-electron chi connectivity index (χ0n) is 8.73. The molecule has 0 aliphatic carbocycles. The normalized spacial score (nSPS) is 12.3. The molecule has 0 spiro atoms. The van der Waals surface area contributed by atoms with Gasteiger partial charge < -0.3 is 16.2 Å². The summed E-state index contributed by atoms with van der Waals surface area (Å²) in [6.07, 6.45) is 0.736. The second-order valence-corrected chi connectivity index (χ2v) is 3.58. The highest BCUT2D eigenvalue weighted by atomic mass is 16.4. The van der Waals surface area contributed by atoms with E-state index in [0.29, 0.717) is 0 Å². The summed E-state index contributed by atoms with van der Waals surface area (Å²) in [5, 5.41) is 11.4. The Morgan fingerprint density at radius 3 is 2.80 bits per heavy atom. The minimum Gasteiger partial charge on any atom is -0.480 e. The second kappa shape index (κ2) is 5.36. The van der Waals surface area contributed by atoms with E-state index in [0.717, 1.165) is 17.7 Å². The topological polar surface area (TPSA) is 75.3 Å². The van der Waals surface area contributed by atoms with Crippen LogP contribution in [0.15, 0.2) is 24.3 Å². The van der Waals surface area contributed by atoms with E-state index in [9.17, 15) is 4.79 Å². The third-order valence-electron chi connectivity index (χ3n) is 2.18. The number of nitrogens with two attached hydrogens (primary N) is 1. The maximum Gasteiger partial charge on any atom is 0.317 e. The quantitative estimate of drug-likeness (QED) is 0.628. The molecular formula is C11H16N2O2. The molecule has 0 fully saturated rings. The molecule has 0 aliphatic rings. The van der Waals surface area contributed by atoms with E-state index in [-0.39, 0.29) is 12.6 Å². The predicted octanol–water partition coefficient (Wildman–Crippen LogP) is 0.874. The number of carboxylic acids is 1. The van der Waals surface area contributed by atoms with Crippen LogP contribution < -0.4 is 11.1 Å². The summed E-state index contributed by atoms with van der Waals surface area (Å²) in [6, 6.07) is 7.71. The van der Waals surface area contributed by atoms with Crippen molar-refractivity contribution in [2.24, 2.45) is 0 Å². The van der Waals surface area contributed by atoms with Crippen LogP contribution >= 0.6 is 0 Å². The van der Waals surface area contributed by atoms with Gasteiger partial charge in [0.15, 0.2) is 0 Å². The highest BCUT2D eigenvalue weighted by Crippen LogP contribution is 2.12. The first-order chi connectivity index (χ1) is 7.09. The number of para-hydroxylation sites is 1. The lowest BCUT2D eigenvalue weighted by Gasteiger charge is -2.13. The molecule has 0 amide bonds. The van der Waals surface area contributed by atoms with Crippen LogP contribution in [0.2, 0.25) is 0 Å². The fourth-order valence-electron chi connectivity index (χ4n) is 1.38. The molecule has 82 valence electrons. The Kier molecular flexibility index (Phi) is 4.12. The average Bonchev–Trinajstić information content (AvgIpc) is 2.18. The number of nitrogens with one attached hydrogen (secondary N) is 1. The number of carboxylic acid groups (broad SMARTS) is 1. The van der Waals surface area contributed by atoms with Crippen molar-refractivity contribution in [1.82, 2.24) is 5.32 Å². The maximum atomic E-state index is 10.3. The fraction of sp³-hybridized carbons (Fsp3) is 0.364. The molecule has 0 aliphatic heterocycles. The van der Waals surface area contributed by atoms with Gasteiger partial charge in [-0.2, -0.15) is 0 Å². The molecule has 0 bridgehead atoms. The predicted molar refractivity (Wildman–Crippen MR) is 59.7 cm³/mol. The van der Waals surface area contributed by atoms with Crippen LogP contribution in [0.25, 0.3) is 0 Å². The molecule has 1 atom stereocenters. The summed E-state index contributed by atoms with van der Waals surface area (Å²) < 4.78 is 0. The molecule has 0 heterocycles. The molecule has 0 radical (unpaired) electrons. The van der Waals surface area contributed by atoms with Crippen molar-refractivity contribution in [2.45, 2.75) is 19.4 Å². The van der Waals surface area contributed by atoms with Gasteiger partial charge in [0.2, 0.25) is 0 Å². The number of rotatable bonds is 5. The Bertz CT molecular complexity index is 339. The first-order valence-electron chi connectivity index (χ1n) is 4.88. The summed E-state index contributed by atoms with van der Waals surface area (Å²) in [7, 11) is 0. The van der Waals surface area contributed by atoms with Crippen LogP contribution in [-0.2, 0) is 11.2 Å². The van der Waals surface area contributed by atoms with Crippen molar-refractivity contribution in [2.75, 3.05) is 12.3 Å². The van der Waals surface area contributed by atoms with Gasteiger partial charge in [0.05, 0.1) is 6.54 Å². The summed E-state index contributed by atoms with van der Waals surface area (Å²) in [5.74, 6) is -0.845. The highest BCUT2D eigenvalue weighted by Gasteiger charge is 2.06. The van der Waals surface area contributed by atoms with Crippen LogP contribution in [0.3, 0.4) is 0 Å². The van der Waals surface area contributed by atoms with Crippen LogP contribution in [0.1, 0.15) is 12.5 Å². The molecule has 0 saturated heterocycles. The minimum absolute atomic E-state index is 0.0199. The van der Waals surface area contributed by atoms with Gasteiger partial charge in [0, 0.05) is 11.7 Å². The molecule has 1 rings (SSSR count). The smallest absolute Gasteiger partial charge is 0.317 e. The van der Waals surface area contributed by atoms with Gasteiger partial charge in [-0.1, -0.05) is 18.2 Å². The molecule has 4 heteroatoms. The third-order valence-corrected chi connectivity index (χ3v) is 2.18. The van der Waals surface area contributed by atoms with E-state index in [1.54, 1.807) is 0 Å². The van der Waals surface area contributed by atoms with E-state index < -0.39 is 5.97 Å². The Morgan fingerprint density at radius 2 is 2.20 bits per heavy atom. The van der Waals surface area contributed by atoms with Gasteiger partial charge in [-0.3, -0.25) is 4.79 Å². The molecule has 1 aromatic rings. The molecule has 4 nitrogen and oxygen atoms in total. The molecule has 1 unspecified atom stereocenters. The van der Waals surface area contributed by atoms with Crippen molar-refractivity contribution in [3.63, 3.8) is 0 Å². The van der Waals surface area contributed by atoms with Crippen molar-refractivity contribution < 1.29 is 9.90 Å². The second-order valence-electron chi connectivity index (χ2n) is 3.58. The SMILES string of the molecule is CC(Cc1ccccc1N)NCC(=O)O. The zero-order chi connectivity index (χ0) is 11.3. The Labute approximate surface area is 89.1 Å². The van der Waals surface area contributed by atoms with Gasteiger partial charge in [0.1, 0.15) is 0 Å². The van der Waals surface area contributed by atoms with E-state index >= 15 is 0 Å². The summed E-state index contributed by atoms with van der Waals surface area (Å²) in [4.78, 5) is 10.3.